The molecular formula is C54H85FN4O15S. The number of ether oxygens (including phenoxy) is 8. The number of cyclic esters (lactones) is 1. The van der Waals surface area contributed by atoms with Crippen molar-refractivity contribution in [3.63, 3.8) is 0 Å². The number of esters is 2. The topological polar surface area (TPSA) is 234 Å². The van der Waals surface area contributed by atoms with Gasteiger partial charge in [0, 0.05) is 82.9 Å². The second-order valence-corrected chi connectivity index (χ2v) is 24.7. The fourth-order valence-electron chi connectivity index (χ4n) is 12.9. The highest BCUT2D eigenvalue weighted by molar-refractivity contribution is 7.90. The van der Waals surface area contributed by atoms with Crippen molar-refractivity contribution in [2.45, 2.75) is 197 Å². The second kappa shape index (κ2) is 24.2. The van der Waals surface area contributed by atoms with Crippen LogP contribution in [0.3, 0.4) is 0 Å². The number of hydrogen-bond donors (Lipinski definition) is 2. The molecule has 1 aromatic heterocycles. The minimum Gasteiger partial charge on any atom is -0.458 e. The number of halogens is 1. The number of benzene rings is 1. The maximum Gasteiger partial charge on any atom is 0.309 e. The first-order valence-corrected chi connectivity index (χ1v) is 28.4. The van der Waals surface area contributed by atoms with Crippen molar-refractivity contribution in [3.05, 3.63) is 41.7 Å². The first kappa shape index (κ1) is 60.7. The number of carbonyl (C=O) groups is 3. The minimum atomic E-state index is -3.44. The Hall–Kier alpha value is -3.51. The average molecular weight is 1080 g/mol. The first-order valence-electron chi connectivity index (χ1n) is 26.5. The lowest BCUT2D eigenvalue weighted by molar-refractivity contribution is -0.305. The van der Waals surface area contributed by atoms with E-state index >= 15 is 0 Å². The lowest BCUT2D eigenvalue weighted by Crippen LogP contribution is -2.62. The number of aliphatic hydroxyl groups excluding tert-OH is 2. The monoisotopic (exact) mass is 1080 g/mol. The standard InChI is InChI=1S/C54H85FN4O15S/c1-16-42-54(10)38(24-43(60)74-54)31(4)45(61)29(2)25-53(9,69-14)49(32(5)44(33(6)50(64)72-42)41-26-52(8,68-13)48(63)34(7)71-41)73-51-46(62)39(23-30(3)70-51)58(11)22-21-36-28-59(57-56-36)40(27-55)47(67-12)35-17-19-37(20-18-35)75(15,65)66/h17-20,28-34,38-42,44,46-49,51,62-63H,16,21-27H2,1-15H3/t29-,30-,31-,32+,33-,34+,38-,39+,40-,41?,42-,44+,46-,47-,48+,49-,51+,52-,53-,54+/m1/s1. The molecule has 2 aromatic rings. The largest absolute Gasteiger partial charge is 0.458 e. The summed E-state index contributed by atoms with van der Waals surface area (Å²) in [6.07, 6.45) is -3.80. The summed E-state index contributed by atoms with van der Waals surface area (Å²) in [5.74, 6) is -5.35. The summed E-state index contributed by atoms with van der Waals surface area (Å²) in [7, 11) is 2.95. The van der Waals surface area contributed by atoms with Crippen LogP contribution in [-0.4, -0.2) is 176 Å². The summed E-state index contributed by atoms with van der Waals surface area (Å²) in [4.78, 5) is 44.9. The fourth-order valence-corrected chi connectivity index (χ4v) is 13.5. The summed E-state index contributed by atoms with van der Waals surface area (Å²) in [5.41, 5.74) is -2.51. The zero-order chi connectivity index (χ0) is 55.7. The predicted molar refractivity (Wildman–Crippen MR) is 273 cm³/mol. The molecule has 75 heavy (non-hydrogen) atoms. The Morgan fingerprint density at radius 1 is 0.947 bits per heavy atom. The Labute approximate surface area is 443 Å². The van der Waals surface area contributed by atoms with Crippen molar-refractivity contribution >= 4 is 27.6 Å². The van der Waals surface area contributed by atoms with Crippen molar-refractivity contribution < 1.29 is 75.3 Å². The quantitative estimate of drug-likeness (QED) is 0.200. The number of likely N-dealkylation sites (N-methyl/N-ethyl adjacent to an activating group) is 1. The van der Waals surface area contributed by atoms with E-state index in [1.54, 1.807) is 60.1 Å². The van der Waals surface area contributed by atoms with Gasteiger partial charge in [-0.05, 0) is 84.5 Å². The third-order valence-corrected chi connectivity index (χ3v) is 18.6. The molecule has 4 fully saturated rings. The van der Waals surface area contributed by atoms with E-state index in [-0.39, 0.29) is 29.9 Å². The van der Waals surface area contributed by atoms with Crippen molar-refractivity contribution in [1.82, 2.24) is 19.9 Å². The fraction of sp³-hybridized carbons (Fsp3) is 0.796. The number of methoxy groups -OCH3 is 3. The highest BCUT2D eigenvalue weighted by Crippen LogP contribution is 2.48. The normalized spacial score (nSPS) is 39.3. The van der Waals surface area contributed by atoms with E-state index in [0.29, 0.717) is 37.1 Å². The molecule has 0 radical (unpaired) electrons. The van der Waals surface area contributed by atoms with E-state index in [0.717, 1.165) is 6.26 Å². The first-order chi connectivity index (χ1) is 35.1. The molecule has 6 rings (SSSR count). The van der Waals surface area contributed by atoms with Gasteiger partial charge >= 0.3 is 11.9 Å². The van der Waals surface area contributed by atoms with E-state index < -0.39 is 148 Å². The lowest BCUT2D eigenvalue weighted by Gasteiger charge is -2.52. The van der Waals surface area contributed by atoms with E-state index in [9.17, 15) is 37.4 Å². The van der Waals surface area contributed by atoms with Crippen LogP contribution in [0, 0.1) is 35.5 Å². The smallest absolute Gasteiger partial charge is 0.309 e. The maximum absolute atomic E-state index is 14.9. The summed E-state index contributed by atoms with van der Waals surface area (Å²) >= 11 is 0. The highest BCUT2D eigenvalue weighted by Gasteiger charge is 2.59. The van der Waals surface area contributed by atoms with E-state index in [4.69, 9.17) is 37.9 Å². The minimum absolute atomic E-state index is 0.0230. The molecule has 5 heterocycles. The van der Waals surface area contributed by atoms with Crippen LogP contribution in [0.25, 0.3) is 0 Å². The van der Waals surface area contributed by atoms with Crippen molar-refractivity contribution in [2.75, 3.05) is 47.9 Å². The molecule has 1 unspecified atom stereocenters. The van der Waals surface area contributed by atoms with Crippen LogP contribution in [0.1, 0.15) is 125 Å². The third kappa shape index (κ3) is 12.7. The van der Waals surface area contributed by atoms with Gasteiger partial charge in [0.2, 0.25) is 0 Å². The van der Waals surface area contributed by atoms with Gasteiger partial charge in [0.1, 0.15) is 48.5 Å². The van der Waals surface area contributed by atoms with E-state index in [1.807, 2.05) is 46.6 Å². The molecule has 19 nitrogen and oxygen atoms in total. The Balaban J connectivity index is 1.31. The Kier molecular flexibility index (Phi) is 19.6. The van der Waals surface area contributed by atoms with Crippen LogP contribution in [0.2, 0.25) is 0 Å². The molecule has 0 bridgehead atoms. The third-order valence-electron chi connectivity index (χ3n) is 17.5. The molecule has 1 aromatic carbocycles. The van der Waals surface area contributed by atoms with Gasteiger partial charge in [-0.3, -0.25) is 14.4 Å². The number of aliphatic hydroxyl groups is 2. The molecule has 4 saturated heterocycles. The van der Waals surface area contributed by atoms with Gasteiger partial charge < -0.3 is 53.0 Å². The maximum atomic E-state index is 14.9. The summed E-state index contributed by atoms with van der Waals surface area (Å²) in [6, 6.07) is 4.69. The number of fused-ring (bicyclic) bond motifs is 1. The van der Waals surface area contributed by atoms with Crippen LogP contribution in [0.5, 0.6) is 0 Å². The van der Waals surface area contributed by atoms with Crippen molar-refractivity contribution in [1.29, 1.82) is 0 Å². The van der Waals surface area contributed by atoms with Crippen molar-refractivity contribution in [3.8, 4) is 0 Å². The molecule has 0 aliphatic carbocycles. The number of Topliss-reactive ketones (excluding diaryl/α,β-unsaturated/α-hetero) is 1. The molecule has 4 aliphatic heterocycles. The molecule has 2 N–H and O–H groups in total. The van der Waals surface area contributed by atoms with Gasteiger partial charge in [-0.2, -0.15) is 0 Å². The van der Waals surface area contributed by atoms with Crippen LogP contribution >= 0.6 is 0 Å². The van der Waals surface area contributed by atoms with Crippen LogP contribution in [0.15, 0.2) is 35.4 Å². The molecule has 4 aliphatic rings. The number of nitrogens with zero attached hydrogens (tertiary/aromatic N) is 4. The summed E-state index contributed by atoms with van der Waals surface area (Å²) < 4.78 is 91.3. The van der Waals surface area contributed by atoms with E-state index in [1.165, 1.54) is 31.0 Å². The summed E-state index contributed by atoms with van der Waals surface area (Å²) in [6.45, 7) is 17.8. The molecule has 0 saturated carbocycles. The SMILES string of the molecule is CC[C@H]1OC(=O)[C@H](C)[C@@H](C2C[C@@](C)(OC)[C@@H](O)[C@H](C)O2)[C@H](C)[C@@H](O[C@@H]2O[C@H](C)C[C@H](N(C)CCc3cn([C@H](CF)[C@H](OC)c4ccc(S(C)(=O)=O)cc4)nn3)[C@H]2O)[C@](C)(OC)C[C@@H](C)C(=O)[C@H](C)[C@H]2CC(=O)O[C@@]21C. The van der Waals surface area contributed by atoms with E-state index in [2.05, 4.69) is 10.3 Å². The van der Waals surface area contributed by atoms with Crippen LogP contribution in [-0.2, 0) is 68.5 Å². The molecular weight excluding hydrogens is 996 g/mol. The average Bonchev–Trinajstić information content (AvgIpc) is 3.97. The Bertz CT molecular complexity index is 2380. The molecule has 20 atom stereocenters. The number of hydrogen-bond acceptors (Lipinski definition) is 18. The van der Waals surface area contributed by atoms with Gasteiger partial charge in [0.25, 0.3) is 0 Å². The van der Waals surface area contributed by atoms with Crippen LogP contribution < -0.4 is 0 Å². The number of alkyl halides is 1. The number of sulfone groups is 1. The van der Waals surface area contributed by atoms with Gasteiger partial charge in [-0.25, -0.2) is 17.5 Å². The Morgan fingerprint density at radius 3 is 2.19 bits per heavy atom. The lowest BCUT2D eigenvalue weighted by atomic mass is 9.67. The summed E-state index contributed by atoms with van der Waals surface area (Å²) in [5, 5.41) is 32.4. The number of rotatable bonds is 16. The molecule has 0 amide bonds. The zero-order valence-electron chi connectivity index (χ0n) is 46.6. The zero-order valence-corrected chi connectivity index (χ0v) is 47.5. The number of carbonyl (C=O) groups excluding carboxylic acids is 3. The molecule has 424 valence electrons. The second-order valence-electron chi connectivity index (χ2n) is 22.7. The van der Waals surface area contributed by atoms with Gasteiger partial charge in [-0.15, -0.1) is 5.10 Å². The van der Waals surface area contributed by atoms with Gasteiger partial charge in [0.05, 0.1) is 58.5 Å². The predicted octanol–water partition coefficient (Wildman–Crippen LogP) is 5.43. The number of ketones is 1. The Morgan fingerprint density at radius 2 is 1.60 bits per heavy atom. The highest BCUT2D eigenvalue weighted by atomic mass is 32.2. The molecule has 21 heteroatoms. The van der Waals surface area contributed by atoms with Crippen molar-refractivity contribution in [2.24, 2.45) is 35.5 Å². The van der Waals surface area contributed by atoms with Gasteiger partial charge in [0.15, 0.2) is 16.1 Å². The number of aromatic nitrogens is 3. The molecule has 0 spiro atoms. The van der Waals surface area contributed by atoms with Gasteiger partial charge in [-0.1, -0.05) is 52.0 Å². The van der Waals surface area contributed by atoms with Crippen LogP contribution in [0.4, 0.5) is 4.39 Å².